The van der Waals surface area contributed by atoms with Crippen LogP contribution in [0.15, 0.2) is 10.8 Å². The van der Waals surface area contributed by atoms with Gasteiger partial charge in [-0.1, -0.05) is 20.8 Å². The zero-order chi connectivity index (χ0) is 9.84. The molecule has 1 unspecified atom stereocenters. The van der Waals surface area contributed by atoms with Crippen molar-refractivity contribution in [1.29, 1.82) is 0 Å². The maximum absolute atomic E-state index is 3.48. The van der Waals surface area contributed by atoms with Crippen molar-refractivity contribution in [2.24, 2.45) is 11.8 Å². The smallest absolute Gasteiger partial charge is 0.0478 e. The molecule has 0 aromatic carbocycles. The van der Waals surface area contributed by atoms with Gasteiger partial charge in [0.2, 0.25) is 0 Å². The first-order valence-corrected chi connectivity index (χ1v) is 5.82. The summed E-state index contributed by atoms with van der Waals surface area (Å²) >= 11 is 1.76. The van der Waals surface area contributed by atoms with Gasteiger partial charge in [0, 0.05) is 17.6 Å². The Morgan fingerprint density at radius 3 is 2.46 bits per heavy atom. The van der Waals surface area contributed by atoms with Gasteiger partial charge in [0.1, 0.15) is 0 Å². The molecule has 0 spiro atoms. The van der Waals surface area contributed by atoms with Gasteiger partial charge in [-0.05, 0) is 29.7 Å². The topological polar surface area (TPSA) is 12.0 Å². The van der Waals surface area contributed by atoms with E-state index in [1.54, 1.807) is 11.3 Å². The molecule has 0 aliphatic carbocycles. The molecule has 1 aromatic heterocycles. The fourth-order valence-corrected chi connectivity index (χ4v) is 1.85. The summed E-state index contributed by atoms with van der Waals surface area (Å²) in [5, 5.41) is 7.85. The van der Waals surface area contributed by atoms with E-state index in [0.717, 1.165) is 18.4 Å². The normalized spacial score (nSPS) is 13.3. The summed E-state index contributed by atoms with van der Waals surface area (Å²) in [4.78, 5) is 0. The summed E-state index contributed by atoms with van der Waals surface area (Å²) in [7, 11) is 0. The third-order valence-corrected chi connectivity index (χ3v) is 3.47. The second-order valence-corrected chi connectivity index (χ2v) is 4.81. The molecule has 0 aliphatic heterocycles. The lowest BCUT2D eigenvalue weighted by Gasteiger charge is -2.16. The summed E-state index contributed by atoms with van der Waals surface area (Å²) in [5.74, 6) is 1.49. The van der Waals surface area contributed by atoms with E-state index in [0.29, 0.717) is 0 Å². The molecule has 74 valence electrons. The molecule has 0 saturated carbocycles. The van der Waals surface area contributed by atoms with Gasteiger partial charge < -0.3 is 5.32 Å². The van der Waals surface area contributed by atoms with Gasteiger partial charge in [-0.15, -0.1) is 11.3 Å². The second-order valence-electron chi connectivity index (χ2n) is 4.07. The van der Waals surface area contributed by atoms with Crippen LogP contribution < -0.4 is 5.32 Å². The Bertz CT molecular complexity index is 252. The van der Waals surface area contributed by atoms with Crippen LogP contribution in [0.25, 0.3) is 0 Å². The van der Waals surface area contributed by atoms with Gasteiger partial charge in [0.25, 0.3) is 0 Å². The first kappa shape index (κ1) is 10.6. The summed E-state index contributed by atoms with van der Waals surface area (Å²) in [6, 6.07) is 0. The van der Waals surface area contributed by atoms with E-state index >= 15 is 0 Å². The minimum absolute atomic E-state index is 0.735. The van der Waals surface area contributed by atoms with Crippen LogP contribution >= 0.6 is 11.3 Å². The molecular formula is C11H19NS. The van der Waals surface area contributed by atoms with Crippen molar-refractivity contribution in [3.8, 4) is 0 Å². The average molecular weight is 197 g/mol. The summed E-state index contributed by atoms with van der Waals surface area (Å²) in [6.45, 7) is 10.1. The van der Waals surface area contributed by atoms with Gasteiger partial charge >= 0.3 is 0 Å². The average Bonchev–Trinajstić information content (AvgIpc) is 2.47. The first-order chi connectivity index (χ1) is 6.11. The zero-order valence-corrected chi connectivity index (χ0v) is 9.74. The van der Waals surface area contributed by atoms with Crippen molar-refractivity contribution in [3.05, 3.63) is 16.3 Å². The van der Waals surface area contributed by atoms with Gasteiger partial charge in [0.05, 0.1) is 0 Å². The molecular weight excluding hydrogens is 178 g/mol. The van der Waals surface area contributed by atoms with Crippen LogP contribution in [0.5, 0.6) is 0 Å². The van der Waals surface area contributed by atoms with E-state index in [9.17, 15) is 0 Å². The molecule has 1 nitrogen and oxygen atoms in total. The highest BCUT2D eigenvalue weighted by molar-refractivity contribution is 7.08. The Kier molecular flexibility index (Phi) is 3.79. The summed E-state index contributed by atoms with van der Waals surface area (Å²) in [6.07, 6.45) is 0. The SMILES string of the molecule is Cc1cscc1NCC(C)C(C)C. The number of rotatable bonds is 4. The van der Waals surface area contributed by atoms with Crippen molar-refractivity contribution >= 4 is 17.0 Å². The van der Waals surface area contributed by atoms with Gasteiger partial charge in [-0.25, -0.2) is 0 Å². The number of nitrogens with one attached hydrogen (secondary N) is 1. The Hall–Kier alpha value is -0.500. The molecule has 0 fully saturated rings. The van der Waals surface area contributed by atoms with Crippen molar-refractivity contribution in [3.63, 3.8) is 0 Å². The Morgan fingerprint density at radius 2 is 2.00 bits per heavy atom. The molecule has 1 aromatic rings. The molecule has 0 saturated heterocycles. The van der Waals surface area contributed by atoms with E-state index < -0.39 is 0 Å². The molecule has 1 rings (SSSR count). The summed E-state index contributed by atoms with van der Waals surface area (Å²) < 4.78 is 0. The lowest BCUT2D eigenvalue weighted by Crippen LogP contribution is -2.16. The van der Waals surface area contributed by atoms with Crippen molar-refractivity contribution < 1.29 is 0 Å². The Balaban J connectivity index is 2.39. The summed E-state index contributed by atoms with van der Waals surface area (Å²) in [5.41, 5.74) is 2.67. The van der Waals surface area contributed by atoms with Crippen LogP contribution in [0.3, 0.4) is 0 Å². The van der Waals surface area contributed by atoms with E-state index in [2.05, 4.69) is 43.8 Å². The molecule has 1 N–H and O–H groups in total. The maximum atomic E-state index is 3.48. The largest absolute Gasteiger partial charge is 0.384 e. The molecule has 0 amide bonds. The fourth-order valence-electron chi connectivity index (χ4n) is 1.05. The van der Waals surface area contributed by atoms with E-state index in [4.69, 9.17) is 0 Å². The third kappa shape index (κ3) is 3.03. The van der Waals surface area contributed by atoms with Gasteiger partial charge in [0.15, 0.2) is 0 Å². The highest BCUT2D eigenvalue weighted by Crippen LogP contribution is 2.20. The number of hydrogen-bond donors (Lipinski definition) is 1. The molecule has 0 radical (unpaired) electrons. The highest BCUT2D eigenvalue weighted by atomic mass is 32.1. The molecule has 1 atom stereocenters. The number of anilines is 1. The van der Waals surface area contributed by atoms with Crippen LogP contribution in [0.1, 0.15) is 26.3 Å². The van der Waals surface area contributed by atoms with Gasteiger partial charge in [-0.3, -0.25) is 0 Å². The lowest BCUT2D eigenvalue weighted by molar-refractivity contribution is 0.440. The number of hydrogen-bond acceptors (Lipinski definition) is 2. The molecule has 0 bridgehead atoms. The van der Waals surface area contributed by atoms with Gasteiger partial charge in [-0.2, -0.15) is 0 Å². The predicted octanol–water partition coefficient (Wildman–Crippen LogP) is 3.76. The number of thiophene rings is 1. The van der Waals surface area contributed by atoms with Crippen LogP contribution in [-0.4, -0.2) is 6.54 Å². The van der Waals surface area contributed by atoms with Crippen LogP contribution in [0.2, 0.25) is 0 Å². The molecule has 1 heterocycles. The zero-order valence-electron chi connectivity index (χ0n) is 8.92. The van der Waals surface area contributed by atoms with E-state index in [-0.39, 0.29) is 0 Å². The van der Waals surface area contributed by atoms with Crippen LogP contribution in [0.4, 0.5) is 5.69 Å². The van der Waals surface area contributed by atoms with Crippen molar-refractivity contribution in [2.45, 2.75) is 27.7 Å². The maximum Gasteiger partial charge on any atom is 0.0478 e. The standard InChI is InChI=1S/C11H19NS/c1-8(2)9(3)5-12-11-7-13-6-10(11)4/h6-9,12H,5H2,1-4H3. The first-order valence-electron chi connectivity index (χ1n) is 4.88. The van der Waals surface area contributed by atoms with E-state index in [1.807, 2.05) is 0 Å². The van der Waals surface area contributed by atoms with Crippen molar-refractivity contribution in [1.82, 2.24) is 0 Å². The van der Waals surface area contributed by atoms with E-state index in [1.165, 1.54) is 11.3 Å². The lowest BCUT2D eigenvalue weighted by atomic mass is 9.98. The Morgan fingerprint density at radius 1 is 1.31 bits per heavy atom. The number of aryl methyl sites for hydroxylation is 1. The highest BCUT2D eigenvalue weighted by Gasteiger charge is 2.07. The molecule has 0 aliphatic rings. The minimum atomic E-state index is 0.735. The molecule has 2 heteroatoms. The van der Waals surface area contributed by atoms with Crippen LogP contribution in [0, 0.1) is 18.8 Å². The molecule has 13 heavy (non-hydrogen) atoms. The van der Waals surface area contributed by atoms with Crippen molar-refractivity contribution in [2.75, 3.05) is 11.9 Å². The second kappa shape index (κ2) is 4.66. The third-order valence-electron chi connectivity index (χ3n) is 2.61. The quantitative estimate of drug-likeness (QED) is 0.775. The van der Waals surface area contributed by atoms with Crippen LogP contribution in [-0.2, 0) is 0 Å². The Labute approximate surface area is 85.2 Å². The minimum Gasteiger partial charge on any atom is -0.384 e. The fraction of sp³-hybridized carbons (Fsp3) is 0.636. The predicted molar refractivity (Wildman–Crippen MR) is 61.5 cm³/mol. The monoisotopic (exact) mass is 197 g/mol.